The van der Waals surface area contributed by atoms with E-state index < -0.39 is 14.7 Å². The molecule has 0 aliphatic carbocycles. The molecular weight excluding hydrogens is 751 g/mol. The molecule has 1 heterocycles. The Kier molecular flexibility index (Phi) is 10.7. The first kappa shape index (κ1) is 40.6. The molecule has 0 fully saturated rings. The lowest BCUT2D eigenvalue weighted by molar-refractivity contribution is 1.31. The van der Waals surface area contributed by atoms with Crippen LogP contribution in [0.2, 0.25) is 0 Å². The summed E-state index contributed by atoms with van der Waals surface area (Å²) in [6.45, 7) is 25.4. The van der Waals surface area contributed by atoms with Gasteiger partial charge in [0.05, 0.1) is 0 Å². The summed E-state index contributed by atoms with van der Waals surface area (Å²) >= 11 is 0. The highest BCUT2D eigenvalue weighted by atomic mass is 31.3. The molecule has 0 atom stereocenters. The van der Waals surface area contributed by atoms with Crippen molar-refractivity contribution in [3.8, 4) is 44.5 Å². The van der Waals surface area contributed by atoms with Crippen LogP contribution in [0.3, 0.4) is 0 Å². The van der Waals surface area contributed by atoms with Gasteiger partial charge in [0.1, 0.15) is 0 Å². The van der Waals surface area contributed by atoms with E-state index in [-0.39, 0.29) is 0 Å². The molecule has 0 unspecified atom stereocenters. The van der Waals surface area contributed by atoms with E-state index in [1.54, 1.807) is 0 Å². The lowest BCUT2D eigenvalue weighted by atomic mass is 9.89. The maximum atomic E-state index is 10.6. The third-order valence-corrected chi connectivity index (χ3v) is 18.1. The van der Waals surface area contributed by atoms with Gasteiger partial charge in [-0.05, 0) is 193 Å². The van der Waals surface area contributed by atoms with Crippen molar-refractivity contribution in [3.05, 3.63) is 173 Å². The molecule has 8 nitrogen and oxygen atoms in total. The van der Waals surface area contributed by atoms with E-state index in [2.05, 4.69) is 188 Å². The zero-order valence-corrected chi connectivity index (χ0v) is 37.3. The van der Waals surface area contributed by atoms with E-state index in [4.69, 9.17) is 9.03 Å². The summed E-state index contributed by atoms with van der Waals surface area (Å²) in [5, 5.41) is 1.57. The average Bonchev–Trinajstić information content (AvgIpc) is 3.09. The van der Waals surface area contributed by atoms with Gasteiger partial charge in [-0.15, -0.1) is 0 Å². The number of azide groups is 2. The van der Waals surface area contributed by atoms with Gasteiger partial charge < -0.3 is 0 Å². The molecule has 292 valence electrons. The van der Waals surface area contributed by atoms with Crippen molar-refractivity contribution in [2.24, 2.45) is 18.8 Å². The Morgan fingerprint density at radius 3 is 0.776 bits per heavy atom. The molecule has 6 aromatic rings. The predicted octanol–water partition coefficient (Wildman–Crippen LogP) is 15.7. The van der Waals surface area contributed by atoms with Crippen molar-refractivity contribution in [1.29, 1.82) is 0 Å². The highest BCUT2D eigenvalue weighted by molar-refractivity contribution is 7.93. The van der Waals surface area contributed by atoms with Crippen LogP contribution in [0.15, 0.2) is 104 Å². The Bertz CT molecular complexity index is 2510. The Morgan fingerprint density at radius 1 is 0.379 bits per heavy atom. The largest absolute Gasteiger partial charge is 0.218 e. The topological polar surface area (TPSA) is 122 Å². The Morgan fingerprint density at radius 2 is 0.586 bits per heavy atom. The van der Waals surface area contributed by atoms with Crippen molar-refractivity contribution < 1.29 is 0 Å². The van der Waals surface area contributed by atoms with Gasteiger partial charge in [-0.25, -0.2) is 9.03 Å². The first-order valence-electron chi connectivity index (χ1n) is 19.6. The average molecular weight is 801 g/mol. The molecule has 0 radical (unpaired) electrons. The minimum atomic E-state index is -3.49. The number of rotatable bonds is 8. The smallest absolute Gasteiger partial charge is 0.196 e. The molecule has 0 saturated heterocycles. The molecule has 58 heavy (non-hydrogen) atoms. The van der Waals surface area contributed by atoms with Gasteiger partial charge in [0.15, 0.2) is 14.7 Å². The van der Waals surface area contributed by atoms with E-state index in [9.17, 15) is 11.1 Å². The lowest BCUT2D eigenvalue weighted by Crippen LogP contribution is -2.19. The molecule has 1 aliphatic rings. The summed E-state index contributed by atoms with van der Waals surface area (Å²) in [6.07, 6.45) is 0. The van der Waals surface area contributed by atoms with Gasteiger partial charge in [0.25, 0.3) is 0 Å². The number of benzene rings is 6. The quantitative estimate of drug-likeness (QED) is 0.0630. The minimum Gasteiger partial charge on any atom is -0.218 e. The summed E-state index contributed by atoms with van der Waals surface area (Å²) in [5.41, 5.74) is 42.5. The molecule has 0 saturated carbocycles. The number of hydrogen-bond donors (Lipinski definition) is 0. The van der Waals surface area contributed by atoms with Crippen molar-refractivity contribution in [2.75, 3.05) is 0 Å². The van der Waals surface area contributed by atoms with E-state index in [0.717, 1.165) is 99.6 Å². The second-order valence-corrected chi connectivity index (χ2v) is 21.1. The van der Waals surface area contributed by atoms with Gasteiger partial charge in [0, 0.05) is 20.4 Å². The molecule has 1 aliphatic heterocycles. The van der Waals surface area contributed by atoms with Gasteiger partial charge >= 0.3 is 0 Å². The maximum Gasteiger partial charge on any atom is 0.196 e. The highest BCUT2D eigenvalue weighted by Gasteiger charge is 2.44. The van der Waals surface area contributed by atoms with Crippen LogP contribution >= 0.6 is 14.7 Å². The maximum absolute atomic E-state index is 10.6. The Labute approximate surface area is 343 Å². The first-order chi connectivity index (χ1) is 27.5. The molecule has 0 amide bonds. The molecule has 0 bridgehead atoms. The van der Waals surface area contributed by atoms with Crippen LogP contribution in [0.4, 0.5) is 0 Å². The summed E-state index contributed by atoms with van der Waals surface area (Å²) in [5.74, 6) is 0. The van der Waals surface area contributed by atoms with Crippen LogP contribution in [-0.2, 0) is 0 Å². The van der Waals surface area contributed by atoms with Gasteiger partial charge in [-0.2, -0.15) is 0 Å². The van der Waals surface area contributed by atoms with Crippen LogP contribution in [0.1, 0.15) is 66.8 Å². The number of aryl methyl sites for hydroxylation is 12. The zero-order chi connectivity index (χ0) is 41.8. The van der Waals surface area contributed by atoms with Crippen LogP contribution in [0.25, 0.3) is 65.4 Å². The molecule has 7 rings (SSSR count). The van der Waals surface area contributed by atoms with E-state index in [0.29, 0.717) is 0 Å². The van der Waals surface area contributed by atoms with Crippen LogP contribution in [0.5, 0.6) is 0 Å². The second-order valence-electron chi connectivity index (χ2n) is 16.2. The van der Waals surface area contributed by atoms with Crippen LogP contribution < -0.4 is 10.6 Å². The fourth-order valence-corrected chi connectivity index (χ4v) is 17.0. The van der Waals surface area contributed by atoms with E-state index in [1.807, 2.05) is 0 Å². The predicted molar refractivity (Wildman–Crippen MR) is 248 cm³/mol. The third kappa shape index (κ3) is 6.81. The fraction of sp³-hybridized carbons (Fsp3) is 0.250. The van der Waals surface area contributed by atoms with Crippen LogP contribution in [0, 0.1) is 83.1 Å². The summed E-state index contributed by atoms with van der Waals surface area (Å²) < 4.78 is 11.3. The van der Waals surface area contributed by atoms with Gasteiger partial charge in [-0.1, -0.05) is 107 Å². The summed E-state index contributed by atoms with van der Waals surface area (Å²) in [6, 6.07) is 30.1. The molecule has 0 N–H and O–H groups in total. The number of hydrogen-bond acceptors (Lipinski definition) is 4. The number of nitrogens with zero attached hydrogens (tertiary/aromatic N) is 8. The monoisotopic (exact) mass is 800 g/mol. The van der Waals surface area contributed by atoms with Gasteiger partial charge in [0.2, 0.25) is 0 Å². The fourth-order valence-electron chi connectivity index (χ4n) is 9.76. The van der Waals surface area contributed by atoms with Gasteiger partial charge in [-0.3, -0.25) is 0 Å². The Balaban J connectivity index is 1.68. The normalized spacial score (nSPS) is 17.0. The third-order valence-electron chi connectivity index (χ3n) is 11.3. The summed E-state index contributed by atoms with van der Waals surface area (Å²) in [4.78, 5) is 16.4. The SMILES string of the molecule is Cc1cc(C)c(-c2cccc(-c3c(C)cc(C)cc3C)c2P2(N=[N+]=[N-])=NP(N=[N+]=[N-])(c3c(-c4c(C)cc(C)cc4C)cccc3-c3c(C)cc(C)cc3C)=N2)c(C)c1. The van der Waals surface area contributed by atoms with Crippen molar-refractivity contribution in [1.82, 2.24) is 0 Å². The Hall–Kier alpha value is -5.60. The molecular formula is C48H50N8P2. The standard InChI is InChI=1S/C48H50N8P2/c1-27-19-31(5)43(32(6)20-27)39-15-13-16-40(44-33(7)21-28(2)22-34(44)8)47(39)57(53-51-49)55-58(56-57,54-52-50)48-41(45-35(9)23-29(3)24-36(45)10)17-14-18-42(48)46-37(11)25-30(4)26-38(46)12/h13-26H,1-12H3. The van der Waals surface area contributed by atoms with E-state index in [1.165, 1.54) is 22.3 Å². The molecule has 0 aromatic heterocycles. The van der Waals surface area contributed by atoms with E-state index >= 15 is 0 Å². The highest BCUT2D eigenvalue weighted by Crippen LogP contribution is 2.80. The van der Waals surface area contributed by atoms with Crippen LogP contribution in [-0.4, -0.2) is 0 Å². The molecule has 6 aromatic carbocycles. The minimum absolute atomic E-state index is 0.783. The zero-order valence-electron chi connectivity index (χ0n) is 35.6. The summed E-state index contributed by atoms with van der Waals surface area (Å²) in [7, 11) is -6.98. The first-order valence-corrected chi connectivity index (χ1v) is 22.8. The van der Waals surface area contributed by atoms with Crippen molar-refractivity contribution in [3.63, 3.8) is 0 Å². The molecule has 0 spiro atoms. The van der Waals surface area contributed by atoms with Crippen molar-refractivity contribution >= 4 is 25.3 Å². The lowest BCUT2D eigenvalue weighted by Gasteiger charge is -2.36. The second kappa shape index (κ2) is 15.3. The van der Waals surface area contributed by atoms with Crippen molar-refractivity contribution in [2.45, 2.75) is 83.1 Å². The molecule has 10 heteroatoms.